The summed E-state index contributed by atoms with van der Waals surface area (Å²) in [6.45, 7) is 12.4. The fraction of sp³-hybridized carbons (Fsp3) is 0.647. The summed E-state index contributed by atoms with van der Waals surface area (Å²) in [5.41, 5.74) is 2.96. The molecule has 1 nitrogen and oxygen atoms in total. The third-order valence-corrected chi connectivity index (χ3v) is 3.29. The first-order valence-electron chi connectivity index (χ1n) is 7.31. The van der Waals surface area contributed by atoms with E-state index < -0.39 is 0 Å². The fourth-order valence-electron chi connectivity index (χ4n) is 2.25. The van der Waals surface area contributed by atoms with Crippen LogP contribution >= 0.6 is 0 Å². The largest absolute Gasteiger partial charge is 0.315 e. The van der Waals surface area contributed by atoms with Gasteiger partial charge in [-0.05, 0) is 42.3 Å². The van der Waals surface area contributed by atoms with Gasteiger partial charge in [0.2, 0.25) is 0 Å². The maximum Gasteiger partial charge on any atom is 0.00103 e. The van der Waals surface area contributed by atoms with E-state index in [9.17, 15) is 0 Å². The quantitative estimate of drug-likeness (QED) is 0.754. The van der Waals surface area contributed by atoms with Gasteiger partial charge in [-0.3, -0.25) is 0 Å². The first-order valence-corrected chi connectivity index (χ1v) is 7.31. The van der Waals surface area contributed by atoms with E-state index in [1.54, 1.807) is 0 Å². The molecule has 1 aromatic carbocycles. The fourth-order valence-corrected chi connectivity index (χ4v) is 2.25. The van der Waals surface area contributed by atoms with Crippen LogP contribution in [0.4, 0.5) is 0 Å². The van der Waals surface area contributed by atoms with Crippen LogP contribution in [0.3, 0.4) is 0 Å². The normalized spacial score (nSPS) is 13.3. The highest BCUT2D eigenvalue weighted by Crippen LogP contribution is 2.20. The van der Waals surface area contributed by atoms with Crippen molar-refractivity contribution in [2.45, 2.75) is 59.4 Å². The monoisotopic (exact) mass is 247 g/mol. The molecule has 0 radical (unpaired) electrons. The number of rotatable bonds is 7. The van der Waals surface area contributed by atoms with Crippen molar-refractivity contribution in [1.29, 1.82) is 0 Å². The van der Waals surface area contributed by atoms with E-state index in [-0.39, 0.29) is 0 Å². The summed E-state index contributed by atoms with van der Waals surface area (Å²) in [4.78, 5) is 0. The summed E-state index contributed by atoms with van der Waals surface area (Å²) in [7, 11) is 0. The van der Waals surface area contributed by atoms with Gasteiger partial charge >= 0.3 is 0 Å². The van der Waals surface area contributed by atoms with Crippen LogP contribution in [0.5, 0.6) is 0 Å². The molecule has 1 heteroatoms. The molecule has 1 unspecified atom stereocenters. The van der Waals surface area contributed by atoms with Crippen molar-refractivity contribution in [2.75, 3.05) is 6.54 Å². The van der Waals surface area contributed by atoms with Gasteiger partial charge in [-0.1, -0.05) is 58.9 Å². The average Bonchev–Trinajstić information content (AvgIpc) is 2.27. The lowest BCUT2D eigenvalue weighted by atomic mass is 9.93. The van der Waals surface area contributed by atoms with Gasteiger partial charge < -0.3 is 5.32 Å². The van der Waals surface area contributed by atoms with Crippen molar-refractivity contribution in [3.05, 3.63) is 35.4 Å². The Morgan fingerprint density at radius 1 is 1.06 bits per heavy atom. The lowest BCUT2D eigenvalue weighted by Crippen LogP contribution is -2.24. The molecule has 0 saturated carbocycles. The van der Waals surface area contributed by atoms with Crippen LogP contribution in [-0.2, 0) is 6.42 Å². The van der Waals surface area contributed by atoms with Crippen LogP contribution < -0.4 is 5.32 Å². The van der Waals surface area contributed by atoms with E-state index in [1.807, 2.05) is 0 Å². The molecule has 0 aliphatic heterocycles. The summed E-state index contributed by atoms with van der Waals surface area (Å²) in [6, 6.07) is 9.70. The van der Waals surface area contributed by atoms with Gasteiger partial charge in [-0.15, -0.1) is 0 Å². The second kappa shape index (κ2) is 7.58. The highest BCUT2D eigenvalue weighted by Gasteiger charge is 2.07. The van der Waals surface area contributed by atoms with E-state index in [2.05, 4.69) is 64.2 Å². The maximum atomic E-state index is 3.49. The zero-order valence-electron chi connectivity index (χ0n) is 12.7. The zero-order valence-corrected chi connectivity index (χ0v) is 12.7. The molecule has 0 spiro atoms. The molecular weight excluding hydrogens is 218 g/mol. The van der Waals surface area contributed by atoms with E-state index in [4.69, 9.17) is 0 Å². The molecule has 0 amide bonds. The first kappa shape index (κ1) is 15.2. The van der Waals surface area contributed by atoms with Crippen molar-refractivity contribution in [3.63, 3.8) is 0 Å². The molecule has 0 aliphatic carbocycles. The molecular formula is C17H29N. The van der Waals surface area contributed by atoms with Gasteiger partial charge in [0, 0.05) is 6.04 Å². The third-order valence-electron chi connectivity index (χ3n) is 3.29. The number of benzene rings is 1. The number of hydrogen-bond acceptors (Lipinski definition) is 1. The van der Waals surface area contributed by atoms with Gasteiger partial charge in [0.15, 0.2) is 0 Å². The van der Waals surface area contributed by atoms with Crippen LogP contribution in [0.2, 0.25) is 0 Å². The standard InChI is InChI=1S/C17H29N/c1-13(2)11-16-7-6-8-17(12-16)15(5)9-10-18-14(3)4/h6-8,12-15,18H,9-11H2,1-5H3. The van der Waals surface area contributed by atoms with Crippen LogP contribution in [-0.4, -0.2) is 12.6 Å². The lowest BCUT2D eigenvalue weighted by Gasteiger charge is -2.15. The molecule has 0 heterocycles. The summed E-state index contributed by atoms with van der Waals surface area (Å²) < 4.78 is 0. The van der Waals surface area contributed by atoms with Crippen molar-refractivity contribution in [1.82, 2.24) is 5.32 Å². The van der Waals surface area contributed by atoms with Gasteiger partial charge in [-0.2, -0.15) is 0 Å². The van der Waals surface area contributed by atoms with Crippen LogP contribution in [0, 0.1) is 5.92 Å². The molecule has 1 aromatic rings. The Morgan fingerprint density at radius 2 is 1.78 bits per heavy atom. The zero-order chi connectivity index (χ0) is 13.5. The SMILES string of the molecule is CC(C)Cc1cccc(C(C)CCNC(C)C)c1. The van der Waals surface area contributed by atoms with Crippen LogP contribution in [0.15, 0.2) is 24.3 Å². The average molecular weight is 247 g/mol. The molecule has 0 saturated heterocycles. The molecule has 0 aliphatic rings. The molecule has 1 rings (SSSR count). The Labute approximate surface area is 113 Å². The summed E-state index contributed by atoms with van der Waals surface area (Å²) >= 11 is 0. The smallest absolute Gasteiger partial charge is 0.00103 e. The van der Waals surface area contributed by atoms with Gasteiger partial charge in [0.05, 0.1) is 0 Å². The Hall–Kier alpha value is -0.820. The van der Waals surface area contributed by atoms with Gasteiger partial charge in [0.25, 0.3) is 0 Å². The summed E-state index contributed by atoms with van der Waals surface area (Å²) in [6.07, 6.45) is 2.40. The second-order valence-electron chi connectivity index (χ2n) is 6.14. The Balaban J connectivity index is 2.54. The Kier molecular flexibility index (Phi) is 6.42. The van der Waals surface area contributed by atoms with Crippen LogP contribution in [0.1, 0.15) is 58.1 Å². The van der Waals surface area contributed by atoms with Crippen molar-refractivity contribution < 1.29 is 0 Å². The third kappa shape index (κ3) is 5.68. The molecule has 1 atom stereocenters. The molecule has 18 heavy (non-hydrogen) atoms. The molecule has 0 aromatic heterocycles. The van der Waals surface area contributed by atoms with Crippen LogP contribution in [0.25, 0.3) is 0 Å². The topological polar surface area (TPSA) is 12.0 Å². The maximum absolute atomic E-state index is 3.49. The molecule has 0 fully saturated rings. The van der Waals surface area contributed by atoms with E-state index >= 15 is 0 Å². The minimum atomic E-state index is 0.587. The van der Waals surface area contributed by atoms with Crippen molar-refractivity contribution in [3.8, 4) is 0 Å². The highest BCUT2D eigenvalue weighted by atomic mass is 14.9. The van der Waals surface area contributed by atoms with E-state index in [0.717, 1.165) is 12.5 Å². The second-order valence-corrected chi connectivity index (χ2v) is 6.14. The molecule has 0 bridgehead atoms. The minimum Gasteiger partial charge on any atom is -0.315 e. The highest BCUT2D eigenvalue weighted by molar-refractivity contribution is 5.26. The summed E-state index contributed by atoms with van der Waals surface area (Å²) in [5, 5.41) is 3.49. The van der Waals surface area contributed by atoms with Crippen molar-refractivity contribution in [2.24, 2.45) is 5.92 Å². The molecule has 1 N–H and O–H groups in total. The minimum absolute atomic E-state index is 0.587. The van der Waals surface area contributed by atoms with E-state index in [1.165, 1.54) is 24.0 Å². The first-order chi connectivity index (χ1) is 8.49. The van der Waals surface area contributed by atoms with Gasteiger partial charge in [0.1, 0.15) is 0 Å². The Morgan fingerprint density at radius 3 is 2.39 bits per heavy atom. The summed E-state index contributed by atoms with van der Waals surface area (Å²) in [5.74, 6) is 1.38. The predicted octanol–water partition coefficient (Wildman–Crippen LogP) is 4.38. The molecule has 102 valence electrons. The van der Waals surface area contributed by atoms with Crippen molar-refractivity contribution >= 4 is 0 Å². The Bertz CT molecular complexity index is 341. The number of hydrogen-bond donors (Lipinski definition) is 1. The van der Waals surface area contributed by atoms with E-state index in [0.29, 0.717) is 12.0 Å². The predicted molar refractivity (Wildman–Crippen MR) is 81.2 cm³/mol. The number of nitrogens with one attached hydrogen (secondary N) is 1. The van der Waals surface area contributed by atoms with Gasteiger partial charge in [-0.25, -0.2) is 0 Å². The lowest BCUT2D eigenvalue weighted by molar-refractivity contribution is 0.540.